The van der Waals surface area contributed by atoms with Crippen molar-refractivity contribution in [3.8, 4) is 0 Å². The van der Waals surface area contributed by atoms with Gasteiger partial charge in [-0.25, -0.2) is 4.79 Å². The van der Waals surface area contributed by atoms with Crippen LogP contribution in [0.1, 0.15) is 23.8 Å². The maximum absolute atomic E-state index is 12.2. The van der Waals surface area contributed by atoms with Gasteiger partial charge in [0.15, 0.2) is 0 Å². The van der Waals surface area contributed by atoms with Gasteiger partial charge in [0.25, 0.3) is 0 Å². The quantitative estimate of drug-likeness (QED) is 0.857. The average Bonchev–Trinajstić information content (AvgIpc) is 2.90. The van der Waals surface area contributed by atoms with E-state index in [-0.39, 0.29) is 18.2 Å². The molecule has 7 heteroatoms. The lowest BCUT2D eigenvalue weighted by Crippen LogP contribution is -2.43. The molecule has 1 heterocycles. The molecule has 21 heavy (non-hydrogen) atoms. The van der Waals surface area contributed by atoms with Crippen molar-refractivity contribution in [2.45, 2.75) is 24.3 Å². The van der Waals surface area contributed by atoms with E-state index in [9.17, 15) is 19.5 Å². The molecular formula is C14H15NO5S. The van der Waals surface area contributed by atoms with Crippen LogP contribution in [0.5, 0.6) is 0 Å². The number of amides is 1. The Morgan fingerprint density at radius 1 is 1.14 bits per heavy atom. The second-order valence-electron chi connectivity index (χ2n) is 4.65. The van der Waals surface area contributed by atoms with Crippen molar-refractivity contribution in [3.63, 3.8) is 0 Å². The number of aliphatic carboxylic acids is 2. The SMILES string of the molecule is O=C(O)CCC(=O)N1C(c2ccccc2)SC[C@H]1C(=O)O. The van der Waals surface area contributed by atoms with Crippen molar-refractivity contribution in [2.75, 3.05) is 5.75 Å². The van der Waals surface area contributed by atoms with E-state index in [1.807, 2.05) is 30.3 Å². The Balaban J connectivity index is 2.22. The minimum absolute atomic E-state index is 0.191. The fraction of sp³-hybridized carbons (Fsp3) is 0.357. The van der Waals surface area contributed by atoms with E-state index in [4.69, 9.17) is 5.11 Å². The zero-order valence-corrected chi connectivity index (χ0v) is 12.0. The van der Waals surface area contributed by atoms with Gasteiger partial charge in [-0.3, -0.25) is 9.59 Å². The topological polar surface area (TPSA) is 94.9 Å². The molecule has 6 nitrogen and oxygen atoms in total. The summed E-state index contributed by atoms with van der Waals surface area (Å²) in [6, 6.07) is 8.24. The molecule has 2 N–H and O–H groups in total. The zero-order chi connectivity index (χ0) is 15.4. The molecule has 112 valence electrons. The maximum Gasteiger partial charge on any atom is 0.327 e. The number of carbonyl (C=O) groups is 3. The zero-order valence-electron chi connectivity index (χ0n) is 11.1. The van der Waals surface area contributed by atoms with Gasteiger partial charge in [-0.1, -0.05) is 30.3 Å². The second kappa shape index (κ2) is 6.62. The number of rotatable bonds is 5. The van der Waals surface area contributed by atoms with Crippen LogP contribution in [-0.2, 0) is 14.4 Å². The Morgan fingerprint density at radius 2 is 1.81 bits per heavy atom. The summed E-state index contributed by atoms with van der Waals surface area (Å²) in [4.78, 5) is 35.4. The lowest BCUT2D eigenvalue weighted by Gasteiger charge is -2.27. The summed E-state index contributed by atoms with van der Waals surface area (Å²) < 4.78 is 0. The van der Waals surface area contributed by atoms with E-state index in [0.29, 0.717) is 5.75 Å². The molecule has 2 atom stereocenters. The number of carboxylic acids is 2. The van der Waals surface area contributed by atoms with E-state index in [1.54, 1.807) is 0 Å². The van der Waals surface area contributed by atoms with Gasteiger partial charge in [0, 0.05) is 12.2 Å². The molecule has 0 aliphatic carbocycles. The minimum Gasteiger partial charge on any atom is -0.481 e. The van der Waals surface area contributed by atoms with Crippen molar-refractivity contribution in [2.24, 2.45) is 0 Å². The molecule has 0 saturated carbocycles. The summed E-state index contributed by atoms with van der Waals surface area (Å²) in [6.45, 7) is 0. The van der Waals surface area contributed by atoms with E-state index < -0.39 is 23.9 Å². The summed E-state index contributed by atoms with van der Waals surface area (Å²) in [5, 5.41) is 17.5. The first-order chi connectivity index (χ1) is 10.0. The fourth-order valence-corrected chi connectivity index (χ4v) is 3.66. The first kappa shape index (κ1) is 15.4. The summed E-state index contributed by atoms with van der Waals surface area (Å²) in [5.74, 6) is -2.28. The van der Waals surface area contributed by atoms with Crippen molar-refractivity contribution in [1.82, 2.24) is 4.90 Å². The molecule has 1 aliphatic rings. The van der Waals surface area contributed by atoms with Crippen LogP contribution in [0, 0.1) is 0 Å². The van der Waals surface area contributed by atoms with E-state index in [0.717, 1.165) is 5.56 Å². The van der Waals surface area contributed by atoms with Gasteiger partial charge in [-0.05, 0) is 5.56 Å². The third-order valence-electron chi connectivity index (χ3n) is 3.21. The Hall–Kier alpha value is -2.02. The number of nitrogens with zero attached hydrogens (tertiary/aromatic N) is 1. The summed E-state index contributed by atoms with van der Waals surface area (Å²) in [7, 11) is 0. The third kappa shape index (κ3) is 3.55. The van der Waals surface area contributed by atoms with Crippen LogP contribution in [0.25, 0.3) is 0 Å². The smallest absolute Gasteiger partial charge is 0.327 e. The summed E-state index contributed by atoms with van der Waals surface area (Å²) >= 11 is 1.38. The summed E-state index contributed by atoms with van der Waals surface area (Å²) in [5.41, 5.74) is 0.843. The highest BCUT2D eigenvalue weighted by atomic mass is 32.2. The third-order valence-corrected chi connectivity index (χ3v) is 4.53. The minimum atomic E-state index is -1.07. The first-order valence-electron chi connectivity index (χ1n) is 6.43. The second-order valence-corrected chi connectivity index (χ2v) is 5.76. The lowest BCUT2D eigenvalue weighted by molar-refractivity contribution is -0.150. The van der Waals surface area contributed by atoms with Crippen molar-refractivity contribution >= 4 is 29.6 Å². The predicted octanol–water partition coefficient (Wildman–Crippen LogP) is 1.58. The highest BCUT2D eigenvalue weighted by molar-refractivity contribution is 7.99. The Morgan fingerprint density at radius 3 is 2.38 bits per heavy atom. The molecule has 1 amide bonds. The van der Waals surface area contributed by atoms with Crippen LogP contribution in [0.2, 0.25) is 0 Å². The van der Waals surface area contributed by atoms with E-state index in [1.165, 1.54) is 16.7 Å². The van der Waals surface area contributed by atoms with Crippen LogP contribution < -0.4 is 0 Å². The molecule has 1 aliphatic heterocycles. The van der Waals surface area contributed by atoms with Gasteiger partial charge in [0.1, 0.15) is 11.4 Å². The number of hydrogen-bond donors (Lipinski definition) is 2. The monoisotopic (exact) mass is 309 g/mol. The Bertz CT molecular complexity index is 548. The number of carbonyl (C=O) groups excluding carboxylic acids is 1. The normalized spacial score (nSPS) is 21.2. The Labute approximate surface area is 125 Å². The van der Waals surface area contributed by atoms with Gasteiger partial charge in [-0.2, -0.15) is 0 Å². The van der Waals surface area contributed by atoms with Gasteiger partial charge in [0.2, 0.25) is 5.91 Å². The fourth-order valence-electron chi connectivity index (χ4n) is 2.22. The van der Waals surface area contributed by atoms with Crippen LogP contribution in [-0.4, -0.2) is 44.8 Å². The number of thioether (sulfide) groups is 1. The first-order valence-corrected chi connectivity index (χ1v) is 7.48. The highest BCUT2D eigenvalue weighted by Crippen LogP contribution is 2.41. The lowest BCUT2D eigenvalue weighted by atomic mass is 10.1. The van der Waals surface area contributed by atoms with Crippen LogP contribution in [0.15, 0.2) is 30.3 Å². The van der Waals surface area contributed by atoms with Crippen LogP contribution >= 0.6 is 11.8 Å². The van der Waals surface area contributed by atoms with E-state index in [2.05, 4.69) is 0 Å². The van der Waals surface area contributed by atoms with Crippen LogP contribution in [0.3, 0.4) is 0 Å². The highest BCUT2D eigenvalue weighted by Gasteiger charge is 2.42. The van der Waals surface area contributed by atoms with Crippen molar-refractivity contribution < 1.29 is 24.6 Å². The molecule has 0 radical (unpaired) electrons. The van der Waals surface area contributed by atoms with Crippen LogP contribution in [0.4, 0.5) is 0 Å². The number of carboxylic acid groups (broad SMARTS) is 2. The molecule has 1 unspecified atom stereocenters. The Kier molecular flexibility index (Phi) is 4.85. The van der Waals surface area contributed by atoms with Gasteiger partial charge >= 0.3 is 11.9 Å². The van der Waals surface area contributed by atoms with E-state index >= 15 is 0 Å². The maximum atomic E-state index is 12.2. The molecular weight excluding hydrogens is 294 g/mol. The molecule has 1 aromatic carbocycles. The summed E-state index contributed by atoms with van der Waals surface area (Å²) in [6.07, 6.45) is -0.489. The average molecular weight is 309 g/mol. The largest absolute Gasteiger partial charge is 0.481 e. The molecule has 1 fully saturated rings. The van der Waals surface area contributed by atoms with Gasteiger partial charge < -0.3 is 15.1 Å². The number of benzene rings is 1. The molecule has 1 aromatic rings. The molecule has 2 rings (SSSR count). The predicted molar refractivity (Wildman–Crippen MR) is 76.8 cm³/mol. The molecule has 1 saturated heterocycles. The van der Waals surface area contributed by atoms with Gasteiger partial charge in [0.05, 0.1) is 6.42 Å². The number of hydrogen-bond acceptors (Lipinski definition) is 4. The standard InChI is InChI=1S/C14H15NO5S/c16-11(6-7-12(17)18)15-10(14(19)20)8-21-13(15)9-4-2-1-3-5-9/h1-5,10,13H,6-8H2,(H,17,18)(H,19,20)/t10-,13?/m0/s1. The van der Waals surface area contributed by atoms with Gasteiger partial charge in [-0.15, -0.1) is 11.8 Å². The molecule has 0 spiro atoms. The van der Waals surface area contributed by atoms with Crippen molar-refractivity contribution in [3.05, 3.63) is 35.9 Å². The van der Waals surface area contributed by atoms with Crippen molar-refractivity contribution in [1.29, 1.82) is 0 Å². The molecule has 0 aromatic heterocycles. The molecule has 0 bridgehead atoms.